The van der Waals surface area contributed by atoms with E-state index in [1.54, 1.807) is 0 Å². The van der Waals surface area contributed by atoms with E-state index in [-0.39, 0.29) is 23.9 Å². The summed E-state index contributed by atoms with van der Waals surface area (Å²) in [6, 6.07) is -0.0804. The summed E-state index contributed by atoms with van der Waals surface area (Å²) >= 11 is 0. The van der Waals surface area contributed by atoms with Crippen LogP contribution in [0.4, 0.5) is 0 Å². The smallest absolute Gasteiger partial charge is 0.242 e. The molecule has 0 radical (unpaired) electrons. The van der Waals surface area contributed by atoms with Crippen LogP contribution >= 0.6 is 0 Å². The fourth-order valence-electron chi connectivity index (χ4n) is 2.09. The first kappa shape index (κ1) is 10.4. The average Bonchev–Trinajstić information content (AvgIpc) is 2.66. The van der Waals surface area contributed by atoms with Crippen molar-refractivity contribution in [2.45, 2.75) is 37.8 Å². The topological polar surface area (TPSA) is 70.2 Å². The van der Waals surface area contributed by atoms with Crippen LogP contribution in [0, 0.1) is 0 Å². The Morgan fingerprint density at radius 2 is 2.27 bits per heavy atom. The highest BCUT2D eigenvalue weighted by molar-refractivity contribution is 5.90. The van der Waals surface area contributed by atoms with E-state index in [4.69, 9.17) is 0 Å². The van der Waals surface area contributed by atoms with E-state index in [2.05, 4.69) is 16.0 Å². The van der Waals surface area contributed by atoms with E-state index in [9.17, 15) is 9.59 Å². The summed E-state index contributed by atoms with van der Waals surface area (Å²) in [6.45, 7) is 1.87. The summed E-state index contributed by atoms with van der Waals surface area (Å²) in [5, 5.41) is 8.87. The van der Waals surface area contributed by atoms with Crippen LogP contribution < -0.4 is 16.0 Å². The first-order chi connectivity index (χ1) is 7.25. The highest BCUT2D eigenvalue weighted by Gasteiger charge is 2.28. The van der Waals surface area contributed by atoms with E-state index in [1.807, 2.05) is 0 Å². The molecule has 0 aromatic carbocycles. The maximum absolute atomic E-state index is 11.7. The molecule has 84 valence electrons. The van der Waals surface area contributed by atoms with Crippen molar-refractivity contribution in [2.75, 3.05) is 13.1 Å². The third kappa shape index (κ3) is 2.68. The fraction of sp³-hybridized carbons (Fsp3) is 0.800. The lowest BCUT2D eigenvalue weighted by Crippen LogP contribution is -2.50. The Kier molecular flexibility index (Phi) is 3.20. The fourth-order valence-corrected chi connectivity index (χ4v) is 2.09. The van der Waals surface area contributed by atoms with Gasteiger partial charge in [-0.1, -0.05) is 0 Å². The molecule has 1 unspecified atom stereocenters. The first-order valence-corrected chi connectivity index (χ1v) is 5.56. The molecule has 0 aliphatic carbocycles. The quantitative estimate of drug-likeness (QED) is 0.556. The molecule has 0 saturated carbocycles. The molecule has 2 aliphatic heterocycles. The molecule has 2 atom stereocenters. The third-order valence-corrected chi connectivity index (χ3v) is 2.96. The monoisotopic (exact) mass is 211 g/mol. The molecule has 2 rings (SSSR count). The maximum Gasteiger partial charge on any atom is 0.242 e. The van der Waals surface area contributed by atoms with Gasteiger partial charge in [0.2, 0.25) is 11.8 Å². The van der Waals surface area contributed by atoms with E-state index < -0.39 is 0 Å². The lowest BCUT2D eigenvalue weighted by molar-refractivity contribution is -0.126. The number of hydrogen-bond donors (Lipinski definition) is 3. The Hall–Kier alpha value is -1.10. The SMILES string of the molecule is O=C1CCC(C(=O)N[C@@H]2CCCNC2)N1. The van der Waals surface area contributed by atoms with Gasteiger partial charge in [-0.15, -0.1) is 0 Å². The van der Waals surface area contributed by atoms with Crippen LogP contribution in [0.15, 0.2) is 0 Å². The van der Waals surface area contributed by atoms with Gasteiger partial charge in [0.05, 0.1) is 0 Å². The molecule has 2 heterocycles. The van der Waals surface area contributed by atoms with Gasteiger partial charge in [-0.25, -0.2) is 0 Å². The first-order valence-electron chi connectivity index (χ1n) is 5.56. The molecule has 2 amide bonds. The van der Waals surface area contributed by atoms with Crippen molar-refractivity contribution in [2.24, 2.45) is 0 Å². The molecule has 0 aromatic rings. The summed E-state index contributed by atoms with van der Waals surface area (Å²) in [7, 11) is 0. The minimum atomic E-state index is -0.306. The van der Waals surface area contributed by atoms with Crippen LogP contribution in [0.3, 0.4) is 0 Å². The molecule has 0 spiro atoms. The van der Waals surface area contributed by atoms with Crippen LogP contribution in [-0.4, -0.2) is 37.0 Å². The molecular weight excluding hydrogens is 194 g/mol. The zero-order valence-corrected chi connectivity index (χ0v) is 8.71. The van der Waals surface area contributed by atoms with Crippen LogP contribution in [0.5, 0.6) is 0 Å². The predicted octanol–water partition coefficient (Wildman–Crippen LogP) is -0.867. The van der Waals surface area contributed by atoms with Crippen molar-refractivity contribution >= 4 is 11.8 Å². The lowest BCUT2D eigenvalue weighted by Gasteiger charge is -2.25. The number of nitrogens with one attached hydrogen (secondary N) is 3. The highest BCUT2D eigenvalue weighted by atomic mass is 16.2. The van der Waals surface area contributed by atoms with Crippen molar-refractivity contribution in [1.29, 1.82) is 0 Å². The minimum Gasteiger partial charge on any atom is -0.350 e. The van der Waals surface area contributed by atoms with E-state index >= 15 is 0 Å². The van der Waals surface area contributed by atoms with Gasteiger partial charge in [-0.2, -0.15) is 0 Å². The zero-order valence-electron chi connectivity index (χ0n) is 8.71. The van der Waals surface area contributed by atoms with Crippen LogP contribution in [0.25, 0.3) is 0 Å². The molecule has 2 saturated heterocycles. The standard InChI is InChI=1S/C10H17N3O2/c14-9-4-3-8(13-9)10(15)12-7-2-1-5-11-6-7/h7-8,11H,1-6H2,(H,12,15)(H,13,14)/t7-,8?/m1/s1. The number of piperidine rings is 1. The summed E-state index contributed by atoms with van der Waals surface area (Å²) in [6.07, 6.45) is 3.23. The minimum absolute atomic E-state index is 0.0167. The Morgan fingerprint density at radius 3 is 2.87 bits per heavy atom. The van der Waals surface area contributed by atoms with E-state index in [0.717, 1.165) is 25.9 Å². The molecule has 0 aromatic heterocycles. The molecule has 15 heavy (non-hydrogen) atoms. The highest BCUT2D eigenvalue weighted by Crippen LogP contribution is 2.08. The van der Waals surface area contributed by atoms with Crippen LogP contribution in [0.1, 0.15) is 25.7 Å². The summed E-state index contributed by atoms with van der Waals surface area (Å²) in [4.78, 5) is 22.7. The molecule has 2 fully saturated rings. The van der Waals surface area contributed by atoms with E-state index in [0.29, 0.717) is 12.8 Å². The molecule has 0 bridgehead atoms. The molecule has 3 N–H and O–H groups in total. The summed E-state index contributed by atoms with van der Waals surface area (Å²) < 4.78 is 0. The molecule has 5 heteroatoms. The second-order valence-electron chi connectivity index (χ2n) is 4.21. The summed E-state index contributed by atoms with van der Waals surface area (Å²) in [5.74, 6) is -0.0496. The van der Waals surface area contributed by atoms with Gasteiger partial charge in [-0.3, -0.25) is 9.59 Å². The molecule has 2 aliphatic rings. The average molecular weight is 211 g/mol. The van der Waals surface area contributed by atoms with Crippen molar-refractivity contribution in [3.05, 3.63) is 0 Å². The lowest BCUT2D eigenvalue weighted by atomic mass is 10.1. The van der Waals surface area contributed by atoms with Crippen molar-refractivity contribution < 1.29 is 9.59 Å². The van der Waals surface area contributed by atoms with Gasteiger partial charge in [-0.05, 0) is 25.8 Å². The van der Waals surface area contributed by atoms with Crippen molar-refractivity contribution in [3.8, 4) is 0 Å². The number of rotatable bonds is 2. The van der Waals surface area contributed by atoms with Crippen molar-refractivity contribution in [3.63, 3.8) is 0 Å². The number of carbonyl (C=O) groups is 2. The molecular formula is C10H17N3O2. The van der Waals surface area contributed by atoms with Gasteiger partial charge in [0.15, 0.2) is 0 Å². The van der Waals surface area contributed by atoms with Gasteiger partial charge in [0.1, 0.15) is 6.04 Å². The normalized spacial score (nSPS) is 31.1. The number of hydrogen-bond acceptors (Lipinski definition) is 3. The Labute approximate surface area is 89.0 Å². The summed E-state index contributed by atoms with van der Waals surface area (Å²) in [5.41, 5.74) is 0. The van der Waals surface area contributed by atoms with Gasteiger partial charge in [0.25, 0.3) is 0 Å². The predicted molar refractivity (Wildman–Crippen MR) is 55.2 cm³/mol. The zero-order chi connectivity index (χ0) is 10.7. The van der Waals surface area contributed by atoms with Crippen LogP contribution in [-0.2, 0) is 9.59 Å². The Morgan fingerprint density at radius 1 is 1.40 bits per heavy atom. The largest absolute Gasteiger partial charge is 0.350 e. The second kappa shape index (κ2) is 4.61. The van der Waals surface area contributed by atoms with Crippen LogP contribution in [0.2, 0.25) is 0 Å². The van der Waals surface area contributed by atoms with Crippen molar-refractivity contribution in [1.82, 2.24) is 16.0 Å². The molecule has 5 nitrogen and oxygen atoms in total. The second-order valence-corrected chi connectivity index (χ2v) is 4.21. The van der Waals surface area contributed by atoms with Gasteiger partial charge in [0, 0.05) is 19.0 Å². The third-order valence-electron chi connectivity index (χ3n) is 2.96. The number of carbonyl (C=O) groups excluding carboxylic acids is 2. The van der Waals surface area contributed by atoms with Gasteiger partial charge < -0.3 is 16.0 Å². The Balaban J connectivity index is 1.78. The van der Waals surface area contributed by atoms with E-state index in [1.165, 1.54) is 0 Å². The Bertz CT molecular complexity index is 261. The number of amides is 2. The van der Waals surface area contributed by atoms with Gasteiger partial charge >= 0.3 is 0 Å². The maximum atomic E-state index is 11.7.